The van der Waals surface area contributed by atoms with Gasteiger partial charge < -0.3 is 4.74 Å². The second-order valence-electron chi connectivity index (χ2n) is 5.46. The Balaban J connectivity index is 0.000000238. The second-order valence-corrected chi connectivity index (χ2v) is 5.46. The zero-order valence-electron chi connectivity index (χ0n) is 15.1. The van der Waals surface area contributed by atoms with Crippen LogP contribution < -0.4 is 4.74 Å². The van der Waals surface area contributed by atoms with Crippen LogP contribution >= 0.6 is 11.6 Å². The van der Waals surface area contributed by atoms with E-state index in [2.05, 4.69) is 46.4 Å². The lowest BCUT2D eigenvalue weighted by Crippen LogP contribution is -2.16. The molecular formula is C20H21ClF3NO. The molecule has 0 aliphatic carbocycles. The molecule has 1 heterocycles. The van der Waals surface area contributed by atoms with E-state index in [1.807, 2.05) is 19.1 Å². The molecule has 2 aromatic carbocycles. The summed E-state index contributed by atoms with van der Waals surface area (Å²) >= 11 is 4.64. The molecule has 0 aliphatic heterocycles. The molecular weight excluding hydrogens is 363 g/mol. The van der Waals surface area contributed by atoms with Crippen molar-refractivity contribution in [1.29, 1.82) is 0 Å². The fraction of sp³-hybridized carbons (Fsp3) is 0.250. The highest BCUT2D eigenvalue weighted by atomic mass is 35.5. The van der Waals surface area contributed by atoms with Gasteiger partial charge in [-0.2, -0.15) is 0 Å². The van der Waals surface area contributed by atoms with Gasteiger partial charge in [0.2, 0.25) is 0 Å². The molecule has 0 unspecified atom stereocenters. The molecule has 6 heteroatoms. The summed E-state index contributed by atoms with van der Waals surface area (Å²) in [6, 6.07) is 16.0. The van der Waals surface area contributed by atoms with Crippen LogP contribution in [-0.2, 0) is 0 Å². The number of alkyl halides is 4. The minimum absolute atomic E-state index is 0.187. The van der Waals surface area contributed by atoms with E-state index >= 15 is 0 Å². The normalized spacial score (nSPS) is 10.3. The van der Waals surface area contributed by atoms with Crippen LogP contribution in [0.15, 0.2) is 54.6 Å². The third-order valence-electron chi connectivity index (χ3n) is 3.31. The van der Waals surface area contributed by atoms with E-state index in [0.717, 1.165) is 16.8 Å². The number of nitrogens with zero attached hydrogens (tertiary/aromatic N) is 1. The van der Waals surface area contributed by atoms with E-state index in [1.165, 1.54) is 29.5 Å². The molecule has 1 aromatic heterocycles. The van der Waals surface area contributed by atoms with Crippen molar-refractivity contribution in [3.63, 3.8) is 0 Å². The molecule has 0 amide bonds. The van der Waals surface area contributed by atoms with Gasteiger partial charge in [-0.15, -0.1) is 24.8 Å². The fourth-order valence-corrected chi connectivity index (χ4v) is 2.26. The first kappa shape index (κ1) is 21.8. The quantitative estimate of drug-likeness (QED) is 0.441. The van der Waals surface area contributed by atoms with E-state index in [4.69, 9.17) is 0 Å². The minimum Gasteiger partial charge on any atom is -0.406 e. The average molecular weight is 384 g/mol. The predicted molar refractivity (Wildman–Crippen MR) is 101 cm³/mol. The molecule has 0 radical (unpaired) electrons. The number of halogens is 4. The van der Waals surface area contributed by atoms with Gasteiger partial charge in [0.1, 0.15) is 5.75 Å². The van der Waals surface area contributed by atoms with Gasteiger partial charge in [0, 0.05) is 17.5 Å². The average Bonchev–Trinajstić information content (AvgIpc) is 2.58. The van der Waals surface area contributed by atoms with E-state index in [-0.39, 0.29) is 5.75 Å². The van der Waals surface area contributed by atoms with Gasteiger partial charge in [-0.1, -0.05) is 35.9 Å². The molecule has 0 N–H and O–H groups in total. The molecule has 0 aliphatic rings. The maximum Gasteiger partial charge on any atom is 0.573 e. The Morgan fingerprint density at radius 1 is 0.885 bits per heavy atom. The SMILES string of the molecule is CCl.Cc1cc(C)c2ccccc2n1.Cc1ccc(OC(F)(F)F)cc1. The van der Waals surface area contributed by atoms with Crippen molar-refractivity contribution < 1.29 is 17.9 Å². The number of pyridine rings is 1. The highest BCUT2D eigenvalue weighted by molar-refractivity contribution is 6.15. The number of ether oxygens (including phenoxy) is 1. The zero-order valence-corrected chi connectivity index (χ0v) is 15.8. The molecule has 0 atom stereocenters. The van der Waals surface area contributed by atoms with E-state index in [0.29, 0.717) is 0 Å². The van der Waals surface area contributed by atoms with Gasteiger partial charge in [-0.05, 0) is 50.6 Å². The van der Waals surface area contributed by atoms with Crippen LogP contribution in [0, 0.1) is 20.8 Å². The topological polar surface area (TPSA) is 22.1 Å². The Bertz CT molecular complexity index is 817. The Labute approximate surface area is 156 Å². The number of benzene rings is 2. The van der Waals surface area contributed by atoms with Crippen LogP contribution in [0.3, 0.4) is 0 Å². The number of hydrogen-bond donors (Lipinski definition) is 0. The summed E-state index contributed by atoms with van der Waals surface area (Å²) in [5.74, 6) is -0.187. The molecule has 0 spiro atoms. The summed E-state index contributed by atoms with van der Waals surface area (Å²) in [5.41, 5.74) is 4.38. The number of rotatable bonds is 1. The standard InChI is InChI=1S/C11H11N.C8H7F3O.CH3Cl/c1-8-7-9(2)12-11-6-4-3-5-10(8)11;1-6-2-4-7(5-3-6)12-8(9,10)11;1-2/h3-7H,1-2H3;2-5H,1H3;1H3. The molecule has 0 fully saturated rings. The van der Waals surface area contributed by atoms with E-state index < -0.39 is 6.36 Å². The van der Waals surface area contributed by atoms with Gasteiger partial charge in [0.15, 0.2) is 0 Å². The van der Waals surface area contributed by atoms with Crippen LogP contribution in [0.25, 0.3) is 10.9 Å². The Kier molecular flexibility index (Phi) is 8.39. The Hall–Kier alpha value is -2.27. The van der Waals surface area contributed by atoms with E-state index in [1.54, 1.807) is 19.1 Å². The van der Waals surface area contributed by atoms with Crippen molar-refractivity contribution >= 4 is 22.5 Å². The molecule has 3 rings (SSSR count). The number of fused-ring (bicyclic) bond motifs is 1. The van der Waals surface area contributed by atoms with E-state index in [9.17, 15) is 13.2 Å². The molecule has 0 bridgehead atoms. The molecule has 0 saturated heterocycles. The number of para-hydroxylation sites is 1. The minimum atomic E-state index is -4.60. The molecule has 0 saturated carbocycles. The third-order valence-corrected chi connectivity index (χ3v) is 3.31. The van der Waals surface area contributed by atoms with Crippen molar-refractivity contribution in [3.05, 3.63) is 71.4 Å². The fourth-order valence-electron chi connectivity index (χ4n) is 2.26. The number of aryl methyl sites for hydroxylation is 3. The third kappa shape index (κ3) is 7.31. The maximum atomic E-state index is 11.6. The van der Waals surface area contributed by atoms with Crippen LogP contribution in [0.5, 0.6) is 5.75 Å². The number of aromatic nitrogens is 1. The van der Waals surface area contributed by atoms with Crippen molar-refractivity contribution in [3.8, 4) is 5.75 Å². The lowest BCUT2D eigenvalue weighted by Gasteiger charge is -2.08. The lowest BCUT2D eigenvalue weighted by atomic mass is 10.1. The molecule has 2 nitrogen and oxygen atoms in total. The first-order valence-corrected chi connectivity index (χ1v) is 8.53. The predicted octanol–water partition coefficient (Wildman–Crippen LogP) is 6.60. The van der Waals surface area contributed by atoms with Crippen molar-refractivity contribution in [2.45, 2.75) is 27.1 Å². The van der Waals surface area contributed by atoms with Gasteiger partial charge in [-0.25, -0.2) is 0 Å². The van der Waals surface area contributed by atoms with Crippen molar-refractivity contribution in [1.82, 2.24) is 4.98 Å². The smallest absolute Gasteiger partial charge is 0.406 e. The van der Waals surface area contributed by atoms with Gasteiger partial charge in [0.25, 0.3) is 0 Å². The maximum absolute atomic E-state index is 11.6. The van der Waals surface area contributed by atoms with Gasteiger partial charge in [-0.3, -0.25) is 4.98 Å². The Morgan fingerprint density at radius 3 is 2.04 bits per heavy atom. The van der Waals surface area contributed by atoms with Crippen LogP contribution in [0.4, 0.5) is 13.2 Å². The summed E-state index contributed by atoms with van der Waals surface area (Å²) in [6.07, 6.45) is -3.13. The first-order chi connectivity index (χ1) is 12.2. The zero-order chi connectivity index (χ0) is 19.7. The van der Waals surface area contributed by atoms with Crippen LogP contribution in [0.1, 0.15) is 16.8 Å². The Morgan fingerprint density at radius 2 is 1.46 bits per heavy atom. The largest absolute Gasteiger partial charge is 0.573 e. The lowest BCUT2D eigenvalue weighted by molar-refractivity contribution is -0.274. The van der Waals surface area contributed by atoms with Crippen molar-refractivity contribution in [2.75, 3.05) is 6.38 Å². The second kappa shape index (κ2) is 10.0. The summed E-state index contributed by atoms with van der Waals surface area (Å²) < 4.78 is 38.5. The van der Waals surface area contributed by atoms with Crippen LogP contribution in [0.2, 0.25) is 0 Å². The monoisotopic (exact) mass is 383 g/mol. The summed E-state index contributed by atoms with van der Waals surface area (Å²) in [7, 11) is 0. The number of hydrogen-bond acceptors (Lipinski definition) is 2. The van der Waals surface area contributed by atoms with Crippen LogP contribution in [-0.4, -0.2) is 17.7 Å². The van der Waals surface area contributed by atoms with Crippen molar-refractivity contribution in [2.24, 2.45) is 0 Å². The molecule has 26 heavy (non-hydrogen) atoms. The van der Waals surface area contributed by atoms with Gasteiger partial charge in [0.05, 0.1) is 5.52 Å². The first-order valence-electron chi connectivity index (χ1n) is 7.78. The summed E-state index contributed by atoms with van der Waals surface area (Å²) in [6.45, 7) is 5.94. The summed E-state index contributed by atoms with van der Waals surface area (Å²) in [4.78, 5) is 4.44. The highest BCUT2D eigenvalue weighted by Crippen LogP contribution is 2.22. The summed E-state index contributed by atoms with van der Waals surface area (Å²) in [5, 5.41) is 1.25. The molecule has 3 aromatic rings. The van der Waals surface area contributed by atoms with Gasteiger partial charge >= 0.3 is 6.36 Å². The highest BCUT2D eigenvalue weighted by Gasteiger charge is 2.30. The molecule has 140 valence electrons.